The van der Waals surface area contributed by atoms with Crippen molar-refractivity contribution in [3.63, 3.8) is 0 Å². The van der Waals surface area contributed by atoms with Crippen LogP contribution in [0, 0.1) is 0 Å². The fourth-order valence-electron chi connectivity index (χ4n) is 8.33. The Morgan fingerprint density at radius 1 is 0.327 bits per heavy atom. The molecule has 55 heavy (non-hydrogen) atoms. The van der Waals surface area contributed by atoms with Gasteiger partial charge in [0.05, 0.1) is 5.69 Å². The van der Waals surface area contributed by atoms with Crippen LogP contribution in [0.3, 0.4) is 0 Å². The van der Waals surface area contributed by atoms with E-state index in [0.717, 1.165) is 83.2 Å². The third-order valence-corrected chi connectivity index (χ3v) is 10.9. The Kier molecular flexibility index (Phi) is 7.17. The van der Waals surface area contributed by atoms with E-state index in [-0.39, 0.29) is 0 Å². The van der Waals surface area contributed by atoms with Gasteiger partial charge in [-0.1, -0.05) is 152 Å². The smallest absolute Gasteiger partial charge is 0.143 e. The third-order valence-electron chi connectivity index (χ3n) is 10.9. The van der Waals surface area contributed by atoms with E-state index in [4.69, 9.17) is 8.83 Å². The molecule has 0 aliphatic rings. The lowest BCUT2D eigenvalue weighted by molar-refractivity contribution is 0.669. The van der Waals surface area contributed by atoms with E-state index in [9.17, 15) is 0 Å². The fourth-order valence-corrected chi connectivity index (χ4v) is 8.33. The molecule has 0 bridgehead atoms. The second-order valence-corrected chi connectivity index (χ2v) is 14.0. The maximum atomic E-state index is 6.53. The molecule has 0 fully saturated rings. The molecular weight excluding hydrogens is 671 g/mol. The zero-order valence-corrected chi connectivity index (χ0v) is 29.8. The first-order valence-corrected chi connectivity index (χ1v) is 18.7. The summed E-state index contributed by atoms with van der Waals surface area (Å²) in [7, 11) is 0. The minimum Gasteiger partial charge on any atom is -0.456 e. The summed E-state index contributed by atoms with van der Waals surface area (Å²) in [6, 6.07) is 71.0. The molecule has 0 aliphatic heterocycles. The molecule has 0 atom stereocenters. The summed E-state index contributed by atoms with van der Waals surface area (Å²) in [4.78, 5) is 2.39. The Labute approximate surface area is 317 Å². The molecule has 11 aromatic rings. The Morgan fingerprint density at radius 2 is 0.891 bits per heavy atom. The zero-order chi connectivity index (χ0) is 36.3. The molecule has 0 N–H and O–H groups in total. The van der Waals surface area contributed by atoms with Crippen molar-refractivity contribution in [2.45, 2.75) is 0 Å². The van der Waals surface area contributed by atoms with Gasteiger partial charge in [-0.25, -0.2) is 0 Å². The molecule has 0 amide bonds. The first-order chi connectivity index (χ1) is 27.3. The van der Waals surface area contributed by atoms with E-state index in [1.54, 1.807) is 0 Å². The number of fused-ring (bicyclic) bond motifs is 7. The number of anilines is 3. The number of nitrogens with zero attached hydrogens (tertiary/aromatic N) is 1. The molecule has 2 heterocycles. The molecule has 9 aromatic carbocycles. The number of hydrogen-bond donors (Lipinski definition) is 0. The summed E-state index contributed by atoms with van der Waals surface area (Å²) in [6.45, 7) is 0. The summed E-state index contributed by atoms with van der Waals surface area (Å²) in [5.41, 5.74) is 13.5. The van der Waals surface area contributed by atoms with Crippen molar-refractivity contribution in [2.75, 3.05) is 4.90 Å². The van der Waals surface area contributed by atoms with Crippen LogP contribution in [0.25, 0.3) is 88.0 Å². The van der Waals surface area contributed by atoms with E-state index in [2.05, 4.69) is 187 Å². The molecule has 11 rings (SSSR count). The molecule has 3 heteroatoms. The SMILES string of the molecule is c1ccc(-c2ccc(N(c3ccc(-c4cccc5c4oc4ccccc45)cc3)c3ccc4oc5ccccc5c4c3-c3cccc4ccccc34)cc2)cc1. The van der Waals surface area contributed by atoms with Crippen LogP contribution in [0.4, 0.5) is 17.1 Å². The molecule has 3 nitrogen and oxygen atoms in total. The first-order valence-electron chi connectivity index (χ1n) is 18.7. The van der Waals surface area contributed by atoms with Gasteiger partial charge in [-0.05, 0) is 81.6 Å². The predicted octanol–water partition coefficient (Wildman–Crippen LogP) is 15.1. The van der Waals surface area contributed by atoms with E-state index in [1.807, 2.05) is 18.2 Å². The van der Waals surface area contributed by atoms with E-state index < -0.39 is 0 Å². The third kappa shape index (κ3) is 5.13. The Bertz CT molecular complexity index is 3180. The van der Waals surface area contributed by atoms with Gasteiger partial charge in [0, 0.05) is 44.0 Å². The number of para-hydroxylation sites is 3. The van der Waals surface area contributed by atoms with Gasteiger partial charge in [-0.3, -0.25) is 0 Å². The Hall–Kier alpha value is -7.36. The van der Waals surface area contributed by atoms with Gasteiger partial charge in [0.1, 0.15) is 22.3 Å². The van der Waals surface area contributed by atoms with Crippen molar-refractivity contribution in [3.8, 4) is 33.4 Å². The summed E-state index contributed by atoms with van der Waals surface area (Å²) in [5.74, 6) is 0. The van der Waals surface area contributed by atoms with Crippen LogP contribution in [-0.2, 0) is 0 Å². The first kappa shape index (κ1) is 31.2. The van der Waals surface area contributed by atoms with Crippen LogP contribution < -0.4 is 4.90 Å². The average molecular weight is 704 g/mol. The number of benzene rings is 9. The van der Waals surface area contributed by atoms with Gasteiger partial charge in [-0.15, -0.1) is 0 Å². The van der Waals surface area contributed by atoms with Crippen LogP contribution >= 0.6 is 0 Å². The molecule has 2 aromatic heterocycles. The molecule has 0 saturated heterocycles. The van der Waals surface area contributed by atoms with Gasteiger partial charge in [0.15, 0.2) is 0 Å². The molecule has 258 valence electrons. The second-order valence-electron chi connectivity index (χ2n) is 14.0. The van der Waals surface area contributed by atoms with Crippen molar-refractivity contribution in [3.05, 3.63) is 200 Å². The minimum atomic E-state index is 0.863. The van der Waals surface area contributed by atoms with E-state index in [1.165, 1.54) is 21.9 Å². The molecular formula is C52H33NO2. The van der Waals surface area contributed by atoms with Gasteiger partial charge in [0.2, 0.25) is 0 Å². The van der Waals surface area contributed by atoms with Crippen LogP contribution in [0.15, 0.2) is 209 Å². The molecule has 0 unspecified atom stereocenters. The second kappa shape index (κ2) is 12.6. The topological polar surface area (TPSA) is 29.5 Å². The summed E-state index contributed by atoms with van der Waals surface area (Å²) >= 11 is 0. The van der Waals surface area contributed by atoms with Crippen LogP contribution in [-0.4, -0.2) is 0 Å². The van der Waals surface area contributed by atoms with Crippen molar-refractivity contribution in [2.24, 2.45) is 0 Å². The monoisotopic (exact) mass is 703 g/mol. The Morgan fingerprint density at radius 3 is 1.67 bits per heavy atom. The average Bonchev–Trinajstić information content (AvgIpc) is 3.83. The van der Waals surface area contributed by atoms with E-state index >= 15 is 0 Å². The lowest BCUT2D eigenvalue weighted by Crippen LogP contribution is -2.11. The minimum absolute atomic E-state index is 0.863. The largest absolute Gasteiger partial charge is 0.456 e. The van der Waals surface area contributed by atoms with Gasteiger partial charge < -0.3 is 13.7 Å². The normalized spacial score (nSPS) is 11.6. The fraction of sp³-hybridized carbons (Fsp3) is 0. The van der Waals surface area contributed by atoms with Gasteiger partial charge in [-0.2, -0.15) is 0 Å². The summed E-state index contributed by atoms with van der Waals surface area (Å²) in [6.07, 6.45) is 0. The van der Waals surface area contributed by atoms with Gasteiger partial charge in [0.25, 0.3) is 0 Å². The van der Waals surface area contributed by atoms with Crippen LogP contribution in [0.2, 0.25) is 0 Å². The standard InChI is InChI=1S/C52H33NO2/c1-2-12-34(13-3-1)35-24-28-38(29-25-35)53(39-30-26-37(27-31-39)41-19-11-21-44-42-17-6-8-22-47(42)55-52(41)44)46-32-33-49-51(45-18-7-9-23-48(45)54-49)50(46)43-20-10-15-36-14-4-5-16-40(36)43/h1-33H. The van der Waals surface area contributed by atoms with Crippen molar-refractivity contribution < 1.29 is 8.83 Å². The lowest BCUT2D eigenvalue weighted by Gasteiger charge is -2.29. The highest BCUT2D eigenvalue weighted by molar-refractivity contribution is 6.19. The lowest BCUT2D eigenvalue weighted by atomic mass is 9.92. The molecule has 0 radical (unpaired) electrons. The maximum Gasteiger partial charge on any atom is 0.143 e. The quantitative estimate of drug-likeness (QED) is 0.173. The van der Waals surface area contributed by atoms with Crippen molar-refractivity contribution in [1.82, 2.24) is 0 Å². The number of furan rings is 2. The Balaban J connectivity index is 1.15. The number of rotatable bonds is 6. The van der Waals surface area contributed by atoms with E-state index in [0.29, 0.717) is 0 Å². The summed E-state index contributed by atoms with van der Waals surface area (Å²) < 4.78 is 13.0. The maximum absolute atomic E-state index is 6.53. The zero-order valence-electron chi connectivity index (χ0n) is 29.8. The molecule has 0 saturated carbocycles. The summed E-state index contributed by atoms with van der Waals surface area (Å²) in [5, 5.41) is 6.83. The van der Waals surface area contributed by atoms with Crippen LogP contribution in [0.1, 0.15) is 0 Å². The van der Waals surface area contributed by atoms with Crippen molar-refractivity contribution >= 4 is 71.7 Å². The van der Waals surface area contributed by atoms with Crippen molar-refractivity contribution in [1.29, 1.82) is 0 Å². The van der Waals surface area contributed by atoms with Crippen LogP contribution in [0.5, 0.6) is 0 Å². The number of hydrogen-bond acceptors (Lipinski definition) is 3. The highest BCUT2D eigenvalue weighted by Crippen LogP contribution is 2.49. The molecule has 0 aliphatic carbocycles. The van der Waals surface area contributed by atoms with Gasteiger partial charge >= 0.3 is 0 Å². The highest BCUT2D eigenvalue weighted by Gasteiger charge is 2.24. The molecule has 0 spiro atoms. The predicted molar refractivity (Wildman–Crippen MR) is 229 cm³/mol. The highest BCUT2D eigenvalue weighted by atomic mass is 16.3.